The molecule has 0 amide bonds. The zero-order chi connectivity index (χ0) is 15.4. The molecule has 3 rings (SSSR count). The summed E-state index contributed by atoms with van der Waals surface area (Å²) in [7, 11) is 4.16. The van der Waals surface area contributed by atoms with Gasteiger partial charge in [-0.25, -0.2) is 4.98 Å². The molecule has 0 saturated heterocycles. The van der Waals surface area contributed by atoms with E-state index in [1.54, 1.807) is 6.20 Å². The van der Waals surface area contributed by atoms with Crippen molar-refractivity contribution >= 4 is 0 Å². The van der Waals surface area contributed by atoms with Gasteiger partial charge in [0.1, 0.15) is 0 Å². The van der Waals surface area contributed by atoms with Crippen molar-refractivity contribution in [3.05, 3.63) is 72.4 Å². The zero-order valence-electron chi connectivity index (χ0n) is 12.9. The summed E-state index contributed by atoms with van der Waals surface area (Å²) in [6.45, 7) is 0.895. The van der Waals surface area contributed by atoms with Gasteiger partial charge < -0.3 is 4.90 Å². The first kappa shape index (κ1) is 14.4. The van der Waals surface area contributed by atoms with Gasteiger partial charge in [0.15, 0.2) is 0 Å². The Morgan fingerprint density at radius 1 is 0.773 bits per heavy atom. The van der Waals surface area contributed by atoms with Crippen molar-refractivity contribution in [1.29, 1.82) is 0 Å². The van der Waals surface area contributed by atoms with Crippen molar-refractivity contribution in [2.75, 3.05) is 14.1 Å². The monoisotopic (exact) mass is 289 g/mol. The Morgan fingerprint density at radius 3 is 2.27 bits per heavy atom. The van der Waals surface area contributed by atoms with E-state index in [4.69, 9.17) is 4.98 Å². The van der Waals surface area contributed by atoms with Gasteiger partial charge in [0.05, 0.1) is 17.1 Å². The van der Waals surface area contributed by atoms with Crippen LogP contribution in [0.25, 0.3) is 22.6 Å². The third kappa shape index (κ3) is 3.21. The molecule has 0 bridgehead atoms. The van der Waals surface area contributed by atoms with E-state index >= 15 is 0 Å². The average Bonchev–Trinajstić information content (AvgIpc) is 2.56. The quantitative estimate of drug-likeness (QED) is 0.730. The van der Waals surface area contributed by atoms with Gasteiger partial charge in [-0.15, -0.1) is 0 Å². The van der Waals surface area contributed by atoms with Crippen LogP contribution in [0.3, 0.4) is 0 Å². The molecule has 2 aromatic heterocycles. The fourth-order valence-corrected chi connectivity index (χ4v) is 2.49. The molecule has 3 aromatic rings. The molecule has 0 saturated carbocycles. The van der Waals surface area contributed by atoms with Crippen LogP contribution in [0.5, 0.6) is 0 Å². The Hall–Kier alpha value is -2.52. The lowest BCUT2D eigenvalue weighted by Crippen LogP contribution is -2.11. The first-order valence-corrected chi connectivity index (χ1v) is 7.35. The highest BCUT2D eigenvalue weighted by Crippen LogP contribution is 2.25. The lowest BCUT2D eigenvalue weighted by molar-refractivity contribution is 0.403. The van der Waals surface area contributed by atoms with Crippen LogP contribution in [0.4, 0.5) is 0 Å². The van der Waals surface area contributed by atoms with E-state index in [1.165, 1.54) is 11.1 Å². The van der Waals surface area contributed by atoms with Gasteiger partial charge in [-0.05, 0) is 43.9 Å². The second kappa shape index (κ2) is 6.50. The molecule has 1 aromatic carbocycles. The molecule has 0 fully saturated rings. The average molecular weight is 289 g/mol. The van der Waals surface area contributed by atoms with E-state index in [-0.39, 0.29) is 0 Å². The number of aromatic nitrogens is 2. The van der Waals surface area contributed by atoms with Crippen molar-refractivity contribution < 1.29 is 0 Å². The van der Waals surface area contributed by atoms with Crippen LogP contribution in [0.2, 0.25) is 0 Å². The van der Waals surface area contributed by atoms with Crippen LogP contribution in [-0.2, 0) is 6.54 Å². The summed E-state index contributed by atoms with van der Waals surface area (Å²) in [4.78, 5) is 11.4. The zero-order valence-corrected chi connectivity index (χ0v) is 12.9. The molecular formula is C19H19N3. The third-order valence-corrected chi connectivity index (χ3v) is 3.46. The highest BCUT2D eigenvalue weighted by atomic mass is 15.0. The van der Waals surface area contributed by atoms with Crippen LogP contribution in [-0.4, -0.2) is 29.0 Å². The molecule has 3 heteroatoms. The largest absolute Gasteiger partial charge is 0.305 e. The van der Waals surface area contributed by atoms with E-state index < -0.39 is 0 Å². The highest BCUT2D eigenvalue weighted by Gasteiger charge is 2.08. The Balaban J connectivity index is 2.03. The second-order valence-corrected chi connectivity index (χ2v) is 5.52. The summed E-state index contributed by atoms with van der Waals surface area (Å²) in [5, 5.41) is 0. The predicted molar refractivity (Wildman–Crippen MR) is 90.3 cm³/mol. The first-order chi connectivity index (χ1) is 10.7. The lowest BCUT2D eigenvalue weighted by atomic mass is 10.0. The summed E-state index contributed by atoms with van der Waals surface area (Å²) >= 11 is 0. The van der Waals surface area contributed by atoms with Crippen molar-refractivity contribution in [3.8, 4) is 22.6 Å². The second-order valence-electron chi connectivity index (χ2n) is 5.52. The Labute approximate surface area is 131 Å². The molecule has 110 valence electrons. The maximum atomic E-state index is 4.80. The molecule has 0 aliphatic carbocycles. The summed E-state index contributed by atoms with van der Waals surface area (Å²) in [6, 6.07) is 20.4. The van der Waals surface area contributed by atoms with Crippen molar-refractivity contribution in [1.82, 2.24) is 14.9 Å². The number of rotatable bonds is 4. The van der Waals surface area contributed by atoms with Crippen molar-refractivity contribution in [2.45, 2.75) is 6.54 Å². The molecule has 3 nitrogen and oxygen atoms in total. The van der Waals surface area contributed by atoms with Gasteiger partial charge in [0.2, 0.25) is 0 Å². The number of benzene rings is 1. The molecule has 0 unspecified atom stereocenters. The summed E-state index contributed by atoms with van der Waals surface area (Å²) in [5.74, 6) is 0. The van der Waals surface area contributed by atoms with E-state index in [0.717, 1.165) is 23.6 Å². The molecular weight excluding hydrogens is 270 g/mol. The van der Waals surface area contributed by atoms with Crippen LogP contribution in [0.1, 0.15) is 5.56 Å². The molecule has 22 heavy (non-hydrogen) atoms. The van der Waals surface area contributed by atoms with E-state index in [2.05, 4.69) is 54.3 Å². The maximum absolute atomic E-state index is 4.80. The maximum Gasteiger partial charge on any atom is 0.0893 e. The first-order valence-electron chi connectivity index (χ1n) is 7.35. The number of pyridine rings is 2. The number of hydrogen-bond donors (Lipinski definition) is 0. The minimum absolute atomic E-state index is 0.895. The summed E-state index contributed by atoms with van der Waals surface area (Å²) in [6.07, 6.45) is 1.80. The van der Waals surface area contributed by atoms with Crippen LogP contribution < -0.4 is 0 Å². The predicted octanol–water partition coefficient (Wildman–Crippen LogP) is 3.87. The molecule has 0 N–H and O–H groups in total. The Bertz CT molecular complexity index is 751. The van der Waals surface area contributed by atoms with Crippen molar-refractivity contribution in [3.63, 3.8) is 0 Å². The molecule has 0 atom stereocenters. The molecule has 0 aliphatic rings. The van der Waals surface area contributed by atoms with Gasteiger partial charge >= 0.3 is 0 Å². The lowest BCUT2D eigenvalue weighted by Gasteiger charge is -2.14. The van der Waals surface area contributed by atoms with Gasteiger partial charge in [0.25, 0.3) is 0 Å². The minimum atomic E-state index is 0.895. The van der Waals surface area contributed by atoms with Crippen molar-refractivity contribution in [2.24, 2.45) is 0 Å². The number of nitrogens with zero attached hydrogens (tertiary/aromatic N) is 3. The summed E-state index contributed by atoms with van der Waals surface area (Å²) < 4.78 is 0. The van der Waals surface area contributed by atoms with E-state index in [1.807, 2.05) is 30.3 Å². The fraction of sp³-hybridized carbons (Fsp3) is 0.158. The fourth-order valence-electron chi connectivity index (χ4n) is 2.49. The minimum Gasteiger partial charge on any atom is -0.305 e. The van der Waals surface area contributed by atoms with Gasteiger partial charge in [-0.2, -0.15) is 0 Å². The molecule has 2 heterocycles. The van der Waals surface area contributed by atoms with Gasteiger partial charge in [-0.1, -0.05) is 36.4 Å². The standard InChI is InChI=1S/C19H19N3/c1-22(2)14-15-8-3-4-9-16(15)17-11-7-12-19(21-17)18-10-5-6-13-20-18/h3-13H,14H2,1-2H3. The molecule has 0 aliphatic heterocycles. The van der Waals surface area contributed by atoms with Crippen LogP contribution in [0.15, 0.2) is 66.9 Å². The Kier molecular flexibility index (Phi) is 4.26. The normalized spacial score (nSPS) is 10.9. The van der Waals surface area contributed by atoms with Crippen LogP contribution in [0, 0.1) is 0 Å². The molecule has 0 radical (unpaired) electrons. The highest BCUT2D eigenvalue weighted by molar-refractivity contribution is 5.67. The van der Waals surface area contributed by atoms with Gasteiger partial charge in [0, 0.05) is 18.3 Å². The number of hydrogen-bond acceptors (Lipinski definition) is 3. The topological polar surface area (TPSA) is 29.0 Å². The third-order valence-electron chi connectivity index (χ3n) is 3.46. The smallest absolute Gasteiger partial charge is 0.0893 e. The molecule has 0 spiro atoms. The summed E-state index contributed by atoms with van der Waals surface area (Å²) in [5.41, 5.74) is 5.24. The Morgan fingerprint density at radius 2 is 1.50 bits per heavy atom. The van der Waals surface area contributed by atoms with E-state index in [0.29, 0.717) is 0 Å². The van der Waals surface area contributed by atoms with E-state index in [9.17, 15) is 0 Å². The van der Waals surface area contributed by atoms with Gasteiger partial charge in [-0.3, -0.25) is 4.98 Å². The SMILES string of the molecule is CN(C)Cc1ccccc1-c1cccc(-c2ccccn2)n1. The van der Waals surface area contributed by atoms with Crippen LogP contribution >= 0.6 is 0 Å².